The van der Waals surface area contributed by atoms with Crippen LogP contribution in [0.25, 0.3) is 0 Å². The van der Waals surface area contributed by atoms with Gasteiger partial charge in [0.2, 0.25) is 0 Å². The number of H-pyrrole nitrogens is 1. The number of piperidine rings is 1. The minimum Gasteiger partial charge on any atom is -0.465 e. The molecule has 1 N–H and O–H groups in total. The highest BCUT2D eigenvalue weighted by Gasteiger charge is 2.34. The van der Waals surface area contributed by atoms with Gasteiger partial charge in [-0.1, -0.05) is 20.8 Å². The highest BCUT2D eigenvalue weighted by molar-refractivity contribution is 5.99. The fraction of sp³-hybridized carbons (Fsp3) is 0.650. The Balaban J connectivity index is 2.18. The molecule has 0 spiro atoms. The second-order valence-electron chi connectivity index (χ2n) is 7.69. The maximum Gasteiger partial charge on any atom is 0.355 e. The summed E-state index contributed by atoms with van der Waals surface area (Å²) in [5.74, 6) is -0.852. The van der Waals surface area contributed by atoms with E-state index in [1.54, 1.807) is 18.7 Å². The molecule has 0 saturated carbocycles. The molecule has 2 heterocycles. The first kappa shape index (κ1) is 21.0. The van der Waals surface area contributed by atoms with E-state index < -0.39 is 18.0 Å². The topological polar surface area (TPSA) is 88.7 Å². The lowest BCUT2D eigenvalue weighted by molar-refractivity contribution is -0.144. The van der Waals surface area contributed by atoms with Gasteiger partial charge >= 0.3 is 11.9 Å². The van der Waals surface area contributed by atoms with Gasteiger partial charge < -0.3 is 19.4 Å². The van der Waals surface area contributed by atoms with Crippen LogP contribution in [0.15, 0.2) is 0 Å². The lowest BCUT2D eigenvalue weighted by Crippen LogP contribution is -2.47. The highest BCUT2D eigenvalue weighted by atomic mass is 16.5. The van der Waals surface area contributed by atoms with E-state index in [2.05, 4.69) is 11.9 Å². The van der Waals surface area contributed by atoms with Crippen molar-refractivity contribution >= 4 is 17.8 Å². The SMILES string of the molecule is COC(=O)c1c(C)[nH]c(C(=O)OC(C(=O)N2CCC(C)CC2)C(C)C)c1C. The third kappa shape index (κ3) is 4.51. The van der Waals surface area contributed by atoms with E-state index in [0.717, 1.165) is 12.8 Å². The van der Waals surface area contributed by atoms with Crippen molar-refractivity contribution in [1.82, 2.24) is 9.88 Å². The number of carbonyl (C=O) groups is 3. The van der Waals surface area contributed by atoms with Gasteiger partial charge in [-0.05, 0) is 44.1 Å². The standard InChI is InChI=1S/C20H30N2O5/c1-11(2)17(18(23)22-9-7-12(3)8-10-22)27-20(25)16-13(4)15(14(5)21-16)19(24)26-6/h11-12,17,21H,7-10H2,1-6H3. The minimum atomic E-state index is -0.851. The molecule has 1 aromatic heterocycles. The largest absolute Gasteiger partial charge is 0.465 e. The van der Waals surface area contributed by atoms with Crippen LogP contribution in [0.2, 0.25) is 0 Å². The summed E-state index contributed by atoms with van der Waals surface area (Å²) in [6.45, 7) is 10.6. The molecule has 1 aliphatic heterocycles. The Labute approximate surface area is 160 Å². The summed E-state index contributed by atoms with van der Waals surface area (Å²) in [5, 5.41) is 0. The molecule has 0 aliphatic carbocycles. The number of carbonyl (C=O) groups excluding carboxylic acids is 3. The number of likely N-dealkylation sites (tertiary alicyclic amines) is 1. The fourth-order valence-electron chi connectivity index (χ4n) is 3.42. The van der Waals surface area contributed by atoms with Gasteiger partial charge in [0, 0.05) is 18.8 Å². The van der Waals surface area contributed by atoms with E-state index in [-0.39, 0.29) is 17.5 Å². The van der Waals surface area contributed by atoms with Gasteiger partial charge in [-0.25, -0.2) is 9.59 Å². The first-order valence-corrected chi connectivity index (χ1v) is 9.44. The van der Waals surface area contributed by atoms with Gasteiger partial charge in [0.15, 0.2) is 6.10 Å². The number of esters is 2. The van der Waals surface area contributed by atoms with E-state index in [1.165, 1.54) is 7.11 Å². The van der Waals surface area contributed by atoms with Crippen LogP contribution in [-0.2, 0) is 14.3 Å². The van der Waals surface area contributed by atoms with Crippen molar-refractivity contribution in [2.45, 2.75) is 53.6 Å². The highest BCUT2D eigenvalue weighted by Crippen LogP contribution is 2.23. The Hall–Kier alpha value is -2.31. The van der Waals surface area contributed by atoms with Gasteiger partial charge in [0.25, 0.3) is 5.91 Å². The van der Waals surface area contributed by atoms with Gasteiger partial charge in [0.05, 0.1) is 12.7 Å². The third-order valence-corrected chi connectivity index (χ3v) is 5.21. The van der Waals surface area contributed by atoms with Crippen molar-refractivity contribution in [1.29, 1.82) is 0 Å². The van der Waals surface area contributed by atoms with Crippen LogP contribution in [0, 0.1) is 25.7 Å². The number of methoxy groups -OCH3 is 1. The maximum atomic E-state index is 12.9. The number of aryl methyl sites for hydroxylation is 1. The molecule has 0 bridgehead atoms. The predicted octanol–water partition coefficient (Wildman–Crippen LogP) is 2.86. The molecule has 1 unspecified atom stereocenters. The first-order valence-electron chi connectivity index (χ1n) is 9.44. The Bertz CT molecular complexity index is 714. The van der Waals surface area contributed by atoms with Crippen LogP contribution in [0.4, 0.5) is 0 Å². The average Bonchev–Trinajstić information content (AvgIpc) is 2.93. The lowest BCUT2D eigenvalue weighted by Gasteiger charge is -2.33. The summed E-state index contributed by atoms with van der Waals surface area (Å²) in [5.41, 5.74) is 1.50. The van der Waals surface area contributed by atoms with Crippen LogP contribution >= 0.6 is 0 Å². The first-order chi connectivity index (χ1) is 12.7. The molecular weight excluding hydrogens is 348 g/mol. The zero-order chi connectivity index (χ0) is 20.3. The smallest absolute Gasteiger partial charge is 0.355 e. The molecule has 1 saturated heterocycles. The predicted molar refractivity (Wildman–Crippen MR) is 101 cm³/mol. The number of ether oxygens (including phenoxy) is 2. The maximum absolute atomic E-state index is 12.9. The molecule has 2 rings (SSSR count). The second-order valence-corrected chi connectivity index (χ2v) is 7.69. The monoisotopic (exact) mass is 378 g/mol. The number of aromatic amines is 1. The Morgan fingerprint density at radius 3 is 2.22 bits per heavy atom. The molecule has 1 amide bonds. The summed E-state index contributed by atoms with van der Waals surface area (Å²) in [6, 6.07) is 0. The van der Waals surface area contributed by atoms with Gasteiger partial charge in [0.1, 0.15) is 5.69 Å². The van der Waals surface area contributed by atoms with Gasteiger partial charge in [-0.15, -0.1) is 0 Å². The summed E-state index contributed by atoms with van der Waals surface area (Å²) < 4.78 is 10.4. The second kappa shape index (κ2) is 8.59. The van der Waals surface area contributed by atoms with Crippen molar-refractivity contribution in [3.63, 3.8) is 0 Å². The van der Waals surface area contributed by atoms with E-state index in [1.807, 2.05) is 13.8 Å². The number of hydrogen-bond donors (Lipinski definition) is 1. The summed E-state index contributed by atoms with van der Waals surface area (Å²) in [7, 11) is 1.29. The lowest BCUT2D eigenvalue weighted by atomic mass is 9.97. The van der Waals surface area contributed by atoms with Gasteiger partial charge in [-0.3, -0.25) is 4.79 Å². The Morgan fingerprint density at radius 2 is 1.70 bits per heavy atom. The number of hydrogen-bond acceptors (Lipinski definition) is 5. The van der Waals surface area contributed by atoms with Crippen molar-refractivity contribution in [3.05, 3.63) is 22.5 Å². The van der Waals surface area contributed by atoms with Crippen LogP contribution in [-0.4, -0.2) is 54.0 Å². The molecule has 27 heavy (non-hydrogen) atoms. The van der Waals surface area contributed by atoms with E-state index in [0.29, 0.717) is 35.8 Å². The van der Waals surface area contributed by atoms with Crippen molar-refractivity contribution < 1.29 is 23.9 Å². The molecule has 150 valence electrons. The van der Waals surface area contributed by atoms with Crippen LogP contribution in [0.3, 0.4) is 0 Å². The Morgan fingerprint density at radius 1 is 1.11 bits per heavy atom. The molecule has 7 nitrogen and oxygen atoms in total. The quantitative estimate of drug-likeness (QED) is 0.796. The number of nitrogens with zero attached hydrogens (tertiary/aromatic N) is 1. The molecule has 0 radical (unpaired) electrons. The molecule has 1 aliphatic rings. The number of amides is 1. The zero-order valence-corrected chi connectivity index (χ0v) is 17.0. The van der Waals surface area contributed by atoms with Crippen molar-refractivity contribution in [2.24, 2.45) is 11.8 Å². The molecule has 7 heteroatoms. The Kier molecular flexibility index (Phi) is 6.68. The normalized spacial score (nSPS) is 16.3. The average molecular weight is 378 g/mol. The zero-order valence-electron chi connectivity index (χ0n) is 17.0. The van der Waals surface area contributed by atoms with E-state index >= 15 is 0 Å². The van der Waals surface area contributed by atoms with Crippen LogP contribution < -0.4 is 0 Å². The minimum absolute atomic E-state index is 0.153. The molecule has 1 fully saturated rings. The molecule has 1 aromatic rings. The van der Waals surface area contributed by atoms with E-state index in [9.17, 15) is 14.4 Å². The van der Waals surface area contributed by atoms with Crippen molar-refractivity contribution in [2.75, 3.05) is 20.2 Å². The van der Waals surface area contributed by atoms with E-state index in [4.69, 9.17) is 9.47 Å². The third-order valence-electron chi connectivity index (χ3n) is 5.21. The summed E-state index contributed by atoms with van der Waals surface area (Å²) >= 11 is 0. The number of rotatable bonds is 5. The molecule has 1 atom stereocenters. The van der Waals surface area contributed by atoms with Crippen LogP contribution in [0.1, 0.15) is 65.7 Å². The molecular formula is C20H30N2O5. The molecule has 0 aromatic carbocycles. The number of aromatic nitrogens is 1. The summed E-state index contributed by atoms with van der Waals surface area (Å²) in [6.07, 6.45) is 1.07. The summed E-state index contributed by atoms with van der Waals surface area (Å²) in [4.78, 5) is 42.2. The number of nitrogens with one attached hydrogen (secondary N) is 1. The van der Waals surface area contributed by atoms with Crippen molar-refractivity contribution in [3.8, 4) is 0 Å². The fourth-order valence-corrected chi connectivity index (χ4v) is 3.42. The van der Waals surface area contributed by atoms with Gasteiger partial charge in [-0.2, -0.15) is 0 Å². The van der Waals surface area contributed by atoms with Crippen LogP contribution in [0.5, 0.6) is 0 Å².